The van der Waals surface area contributed by atoms with Gasteiger partial charge in [-0.2, -0.15) is 10.2 Å². The van der Waals surface area contributed by atoms with E-state index in [0.717, 1.165) is 5.70 Å². The molecule has 178 valence electrons. The van der Waals surface area contributed by atoms with Crippen molar-refractivity contribution < 1.29 is 22.5 Å². The zero-order chi connectivity index (χ0) is 23.7. The number of aromatic nitrogens is 2. The molecular formula is C21H34N4O5SSi. The first-order valence-corrected chi connectivity index (χ1v) is 15.4. The van der Waals surface area contributed by atoms with Crippen LogP contribution in [0.1, 0.15) is 27.2 Å². The van der Waals surface area contributed by atoms with Crippen LogP contribution in [0.3, 0.4) is 0 Å². The summed E-state index contributed by atoms with van der Waals surface area (Å²) in [5, 5.41) is 5.74. The van der Waals surface area contributed by atoms with Gasteiger partial charge in [0, 0.05) is 19.3 Å². The van der Waals surface area contributed by atoms with Crippen LogP contribution in [0.5, 0.6) is 0 Å². The lowest BCUT2D eigenvalue weighted by Gasteiger charge is -2.36. The van der Waals surface area contributed by atoms with E-state index in [1.807, 2.05) is 6.08 Å². The standard InChI is InChI=1S/C21H34N4O5SSi/c1-7-11-29-25-18-14-17(15-23(16-18)20(25)26)24-10-9-19(22-24)31(27,28)13-8-12-30-32(5,6)21(2,3)4/h7,9-10,14,18H,1,8,11-13,15-16H2,2-6H3. The summed E-state index contributed by atoms with van der Waals surface area (Å²) < 4.78 is 33.2. The number of hydroxylamine groups is 2. The summed E-state index contributed by atoms with van der Waals surface area (Å²) in [4.78, 5) is 19.6. The number of hydrogen-bond acceptors (Lipinski definition) is 6. The number of nitrogens with zero attached hydrogens (tertiary/aromatic N) is 4. The molecule has 0 radical (unpaired) electrons. The molecule has 0 spiro atoms. The predicted octanol–water partition coefficient (Wildman–Crippen LogP) is 3.15. The van der Waals surface area contributed by atoms with Gasteiger partial charge in [0.05, 0.1) is 30.6 Å². The van der Waals surface area contributed by atoms with Gasteiger partial charge in [0.15, 0.2) is 23.2 Å². The summed E-state index contributed by atoms with van der Waals surface area (Å²) >= 11 is 0. The lowest BCUT2D eigenvalue weighted by molar-refractivity contribution is -0.107. The summed E-state index contributed by atoms with van der Waals surface area (Å²) in [5.41, 5.74) is 0.738. The zero-order valence-corrected chi connectivity index (χ0v) is 21.4. The summed E-state index contributed by atoms with van der Waals surface area (Å²) in [6.07, 6.45) is 5.51. The SMILES string of the molecule is C=CCON1C(=O)N2CC(n3ccc(S(=O)(=O)CCCO[Si](C)(C)C(C)(C)C)n3)=CC1C2. The van der Waals surface area contributed by atoms with Crippen molar-refractivity contribution in [1.29, 1.82) is 0 Å². The maximum absolute atomic E-state index is 12.8. The molecule has 0 aliphatic carbocycles. The molecule has 1 unspecified atom stereocenters. The minimum absolute atomic E-state index is 0.0198. The molecule has 3 rings (SSSR count). The number of urea groups is 1. The molecule has 32 heavy (non-hydrogen) atoms. The number of sulfone groups is 1. The highest BCUT2D eigenvalue weighted by molar-refractivity contribution is 7.91. The average molecular weight is 483 g/mol. The van der Waals surface area contributed by atoms with E-state index in [-0.39, 0.29) is 34.5 Å². The molecule has 1 fully saturated rings. The Morgan fingerprint density at radius 3 is 2.72 bits per heavy atom. The molecule has 1 saturated heterocycles. The minimum Gasteiger partial charge on any atom is -0.417 e. The second-order valence-electron chi connectivity index (χ2n) is 9.68. The zero-order valence-electron chi connectivity index (χ0n) is 19.6. The van der Waals surface area contributed by atoms with Crippen LogP contribution in [0.25, 0.3) is 5.70 Å². The van der Waals surface area contributed by atoms with E-state index in [4.69, 9.17) is 9.26 Å². The predicted molar refractivity (Wildman–Crippen MR) is 125 cm³/mol. The van der Waals surface area contributed by atoms with Crippen molar-refractivity contribution in [1.82, 2.24) is 19.7 Å². The van der Waals surface area contributed by atoms with Gasteiger partial charge >= 0.3 is 6.03 Å². The molecule has 1 aromatic rings. The monoisotopic (exact) mass is 482 g/mol. The lowest BCUT2D eigenvalue weighted by Crippen LogP contribution is -2.41. The molecular weight excluding hydrogens is 448 g/mol. The fourth-order valence-electron chi connectivity index (χ4n) is 3.35. The van der Waals surface area contributed by atoms with Crippen LogP contribution in [0.2, 0.25) is 18.1 Å². The highest BCUT2D eigenvalue weighted by atomic mass is 32.2. The Bertz CT molecular complexity index is 996. The van der Waals surface area contributed by atoms with Gasteiger partial charge < -0.3 is 9.33 Å². The average Bonchev–Trinajstić information content (AvgIpc) is 3.28. The number of carbonyl (C=O) groups is 1. The smallest absolute Gasteiger partial charge is 0.345 e. The van der Waals surface area contributed by atoms with Gasteiger partial charge in [-0.3, -0.25) is 4.84 Å². The van der Waals surface area contributed by atoms with Crippen LogP contribution in [0.15, 0.2) is 36.0 Å². The number of rotatable bonds is 10. The number of amides is 2. The van der Waals surface area contributed by atoms with Gasteiger partial charge in [0.25, 0.3) is 0 Å². The van der Waals surface area contributed by atoms with Gasteiger partial charge in [-0.05, 0) is 36.7 Å². The molecule has 2 amide bonds. The fourth-order valence-corrected chi connectivity index (χ4v) is 5.62. The van der Waals surface area contributed by atoms with Gasteiger partial charge in [-0.15, -0.1) is 6.58 Å². The molecule has 3 heterocycles. The maximum atomic E-state index is 12.8. The number of fused-ring (bicyclic) bond motifs is 2. The Kier molecular flexibility index (Phi) is 7.04. The van der Waals surface area contributed by atoms with Crippen molar-refractivity contribution in [3.05, 3.63) is 31.0 Å². The van der Waals surface area contributed by atoms with Crippen molar-refractivity contribution in [3.63, 3.8) is 0 Å². The Morgan fingerprint density at radius 2 is 2.06 bits per heavy atom. The number of hydrogen-bond donors (Lipinski definition) is 0. The van der Waals surface area contributed by atoms with E-state index in [1.165, 1.54) is 15.8 Å². The third-order valence-corrected chi connectivity index (χ3v) is 12.5. The van der Waals surface area contributed by atoms with Crippen LogP contribution >= 0.6 is 0 Å². The molecule has 1 atom stereocenters. The van der Waals surface area contributed by atoms with Crippen molar-refractivity contribution in [2.75, 3.05) is 32.1 Å². The van der Waals surface area contributed by atoms with Gasteiger partial charge in [0.2, 0.25) is 0 Å². The second kappa shape index (κ2) is 9.12. The highest BCUT2D eigenvalue weighted by Gasteiger charge is 2.41. The van der Waals surface area contributed by atoms with Crippen molar-refractivity contribution >= 4 is 29.9 Å². The second-order valence-corrected chi connectivity index (χ2v) is 16.5. The lowest BCUT2D eigenvalue weighted by atomic mass is 10.2. The fraction of sp³-hybridized carbons (Fsp3) is 0.619. The van der Waals surface area contributed by atoms with Crippen LogP contribution in [0.4, 0.5) is 4.79 Å². The summed E-state index contributed by atoms with van der Waals surface area (Å²) in [5.74, 6) is -0.0198. The van der Waals surface area contributed by atoms with Crippen LogP contribution in [-0.4, -0.2) is 80.6 Å². The molecule has 2 aliphatic heterocycles. The van der Waals surface area contributed by atoms with E-state index in [0.29, 0.717) is 26.1 Å². The van der Waals surface area contributed by atoms with E-state index < -0.39 is 18.2 Å². The topological polar surface area (TPSA) is 94.0 Å². The molecule has 0 N–H and O–H groups in total. The number of carbonyl (C=O) groups excluding carboxylic acids is 1. The third-order valence-electron chi connectivity index (χ3n) is 6.24. The summed E-state index contributed by atoms with van der Waals surface area (Å²) in [6.45, 7) is 15.9. The molecule has 2 aliphatic rings. The van der Waals surface area contributed by atoms with Crippen molar-refractivity contribution in [2.45, 2.75) is 56.4 Å². The Morgan fingerprint density at radius 1 is 1.34 bits per heavy atom. The minimum atomic E-state index is -3.53. The first-order chi connectivity index (χ1) is 14.9. The quantitative estimate of drug-likeness (QED) is 0.289. The first-order valence-electron chi connectivity index (χ1n) is 10.8. The molecule has 0 aromatic carbocycles. The molecule has 9 nitrogen and oxygen atoms in total. The van der Waals surface area contributed by atoms with E-state index in [9.17, 15) is 13.2 Å². The summed E-state index contributed by atoms with van der Waals surface area (Å²) in [6, 6.07) is 1.04. The Hall–Kier alpha value is -1.95. The molecule has 11 heteroatoms. The molecule has 2 bridgehead atoms. The van der Waals surface area contributed by atoms with Gasteiger partial charge in [-0.25, -0.2) is 17.9 Å². The van der Waals surface area contributed by atoms with Gasteiger partial charge in [0.1, 0.15) is 0 Å². The van der Waals surface area contributed by atoms with Gasteiger partial charge in [-0.1, -0.05) is 26.8 Å². The van der Waals surface area contributed by atoms with E-state index in [1.54, 1.807) is 17.2 Å². The largest absolute Gasteiger partial charge is 0.417 e. The van der Waals surface area contributed by atoms with Crippen molar-refractivity contribution in [2.24, 2.45) is 0 Å². The van der Waals surface area contributed by atoms with Crippen molar-refractivity contribution in [3.8, 4) is 0 Å². The maximum Gasteiger partial charge on any atom is 0.345 e. The molecule has 0 saturated carbocycles. The van der Waals surface area contributed by atoms with Crippen LogP contribution < -0.4 is 0 Å². The Labute approximate surface area is 191 Å². The Balaban J connectivity index is 1.63. The highest BCUT2D eigenvalue weighted by Crippen LogP contribution is 2.36. The normalized spacial score (nSPS) is 19.5. The van der Waals surface area contributed by atoms with Crippen LogP contribution in [-0.2, 0) is 19.1 Å². The molecule has 1 aromatic heterocycles. The summed E-state index contributed by atoms with van der Waals surface area (Å²) in [7, 11) is -5.43. The van der Waals surface area contributed by atoms with E-state index in [2.05, 4.69) is 45.5 Å². The third kappa shape index (κ3) is 5.16. The first kappa shape index (κ1) is 24.7. The van der Waals surface area contributed by atoms with E-state index >= 15 is 0 Å². The van der Waals surface area contributed by atoms with Crippen LogP contribution in [0, 0.1) is 0 Å².